The van der Waals surface area contributed by atoms with Gasteiger partial charge in [0.25, 0.3) is 0 Å². The molecular weight excluding hydrogens is 210 g/mol. The van der Waals surface area contributed by atoms with E-state index in [2.05, 4.69) is 4.98 Å². The summed E-state index contributed by atoms with van der Waals surface area (Å²) in [5, 5.41) is 19.0. The van der Waals surface area contributed by atoms with Crippen LogP contribution in [0.2, 0.25) is 0 Å². The van der Waals surface area contributed by atoms with Gasteiger partial charge in [0.15, 0.2) is 0 Å². The summed E-state index contributed by atoms with van der Waals surface area (Å²) in [6.45, 7) is 1.63. The lowest BCUT2D eigenvalue weighted by Gasteiger charge is -2.11. The fraction of sp³-hybridized carbons (Fsp3) is 0.214. The lowest BCUT2D eigenvalue weighted by atomic mass is 9.89. The zero-order chi connectivity index (χ0) is 12.3. The van der Waals surface area contributed by atoms with Gasteiger partial charge in [-0.05, 0) is 19.1 Å². The van der Waals surface area contributed by atoms with Gasteiger partial charge in [0.2, 0.25) is 0 Å². The van der Waals surface area contributed by atoms with Crippen molar-refractivity contribution in [1.82, 2.24) is 4.98 Å². The number of hydrogen-bond donors (Lipinski definition) is 0. The highest BCUT2D eigenvalue weighted by molar-refractivity contribution is 5.78. The molecule has 2 rings (SSSR count). The highest BCUT2D eigenvalue weighted by atomic mass is 14.7. The van der Waals surface area contributed by atoms with E-state index in [0.717, 1.165) is 16.6 Å². The van der Waals surface area contributed by atoms with Crippen LogP contribution in [-0.4, -0.2) is 4.98 Å². The summed E-state index contributed by atoms with van der Waals surface area (Å²) in [6.07, 6.45) is 0.352. The third kappa shape index (κ3) is 2.24. The Labute approximate surface area is 99.9 Å². The van der Waals surface area contributed by atoms with E-state index in [1.165, 1.54) is 0 Å². The second-order valence-corrected chi connectivity index (χ2v) is 4.23. The molecule has 82 valence electrons. The van der Waals surface area contributed by atoms with Crippen LogP contribution in [0.5, 0.6) is 0 Å². The summed E-state index contributed by atoms with van der Waals surface area (Å²) in [5.74, 6) is 0. The first-order valence-electron chi connectivity index (χ1n) is 5.34. The number of aromatic nitrogens is 1. The summed E-state index contributed by atoms with van der Waals surface area (Å²) in [6, 6.07) is 15.7. The minimum absolute atomic E-state index is 0.352. The number of para-hydroxylation sites is 1. The Morgan fingerprint density at radius 2 is 1.82 bits per heavy atom. The van der Waals surface area contributed by atoms with E-state index < -0.39 is 5.41 Å². The van der Waals surface area contributed by atoms with Crippen molar-refractivity contribution in [3.05, 3.63) is 42.1 Å². The van der Waals surface area contributed by atoms with E-state index in [0.29, 0.717) is 6.42 Å². The molecule has 0 unspecified atom stereocenters. The van der Waals surface area contributed by atoms with Gasteiger partial charge >= 0.3 is 0 Å². The lowest BCUT2D eigenvalue weighted by molar-refractivity contribution is 0.572. The zero-order valence-electron chi connectivity index (χ0n) is 9.51. The zero-order valence-corrected chi connectivity index (χ0v) is 9.51. The molecule has 2 aromatic rings. The van der Waals surface area contributed by atoms with Crippen LogP contribution in [-0.2, 0) is 6.42 Å². The predicted octanol–water partition coefficient (Wildman–Crippen LogP) is 2.83. The third-order valence-corrected chi connectivity index (χ3v) is 2.68. The molecule has 0 spiro atoms. The molecule has 0 saturated carbocycles. The van der Waals surface area contributed by atoms with Crippen LogP contribution in [0.1, 0.15) is 12.6 Å². The maximum absolute atomic E-state index is 8.96. The number of benzene rings is 1. The normalized spacial score (nSPS) is 10.8. The van der Waals surface area contributed by atoms with Crippen LogP contribution in [0, 0.1) is 28.1 Å². The van der Waals surface area contributed by atoms with Crippen molar-refractivity contribution in [2.24, 2.45) is 5.41 Å². The molecule has 0 amide bonds. The SMILES string of the molecule is CC(C#N)(C#N)Cc1ccc2ccccc2n1. The fourth-order valence-electron chi connectivity index (χ4n) is 1.67. The van der Waals surface area contributed by atoms with Crippen molar-refractivity contribution in [3.63, 3.8) is 0 Å². The maximum atomic E-state index is 8.96. The molecule has 0 aliphatic carbocycles. The van der Waals surface area contributed by atoms with Gasteiger partial charge in [-0.2, -0.15) is 10.5 Å². The molecule has 0 N–H and O–H groups in total. The van der Waals surface area contributed by atoms with E-state index in [9.17, 15) is 0 Å². The number of nitriles is 2. The van der Waals surface area contributed by atoms with Crippen LogP contribution in [0.25, 0.3) is 10.9 Å². The first-order chi connectivity index (χ1) is 8.17. The Hall–Kier alpha value is -2.39. The van der Waals surface area contributed by atoms with E-state index >= 15 is 0 Å². The molecule has 0 bridgehead atoms. The molecular formula is C14H11N3. The Morgan fingerprint density at radius 1 is 1.12 bits per heavy atom. The van der Waals surface area contributed by atoms with Crippen LogP contribution in [0.4, 0.5) is 0 Å². The minimum atomic E-state index is -1.00. The van der Waals surface area contributed by atoms with Gasteiger partial charge in [-0.25, -0.2) is 0 Å². The van der Waals surface area contributed by atoms with E-state index in [1.54, 1.807) is 6.92 Å². The van der Waals surface area contributed by atoms with Crippen molar-refractivity contribution in [2.75, 3.05) is 0 Å². The molecule has 0 radical (unpaired) electrons. The average Bonchev–Trinajstić information content (AvgIpc) is 2.38. The lowest BCUT2D eigenvalue weighted by Crippen LogP contribution is -2.15. The quantitative estimate of drug-likeness (QED) is 0.783. The molecule has 3 nitrogen and oxygen atoms in total. The molecule has 1 aromatic heterocycles. The summed E-state index contributed by atoms with van der Waals surface area (Å²) in [7, 11) is 0. The first kappa shape index (κ1) is 11.1. The standard InChI is InChI=1S/C14H11N3/c1-14(9-15,10-16)8-12-7-6-11-4-2-3-5-13(11)17-12/h2-7H,8H2,1H3. The average molecular weight is 221 g/mol. The topological polar surface area (TPSA) is 60.5 Å². The minimum Gasteiger partial charge on any atom is -0.253 e. The Balaban J connectivity index is 2.39. The van der Waals surface area contributed by atoms with E-state index in [1.807, 2.05) is 48.5 Å². The van der Waals surface area contributed by atoms with Crippen LogP contribution >= 0.6 is 0 Å². The molecule has 0 atom stereocenters. The highest BCUT2D eigenvalue weighted by Gasteiger charge is 2.24. The molecule has 17 heavy (non-hydrogen) atoms. The molecule has 3 heteroatoms. The monoisotopic (exact) mass is 221 g/mol. The van der Waals surface area contributed by atoms with Crippen LogP contribution < -0.4 is 0 Å². The number of pyridine rings is 1. The van der Waals surface area contributed by atoms with Gasteiger partial charge in [0, 0.05) is 17.5 Å². The fourth-order valence-corrected chi connectivity index (χ4v) is 1.67. The second kappa shape index (κ2) is 4.23. The molecule has 0 fully saturated rings. The predicted molar refractivity (Wildman–Crippen MR) is 64.8 cm³/mol. The number of fused-ring (bicyclic) bond motifs is 1. The maximum Gasteiger partial charge on any atom is 0.146 e. The van der Waals surface area contributed by atoms with Crippen molar-refractivity contribution in [2.45, 2.75) is 13.3 Å². The van der Waals surface area contributed by atoms with Gasteiger partial charge in [0.05, 0.1) is 17.7 Å². The molecule has 0 aliphatic heterocycles. The van der Waals surface area contributed by atoms with Crippen molar-refractivity contribution >= 4 is 10.9 Å². The van der Waals surface area contributed by atoms with E-state index in [4.69, 9.17) is 10.5 Å². The van der Waals surface area contributed by atoms with Crippen LogP contribution in [0.3, 0.4) is 0 Å². The van der Waals surface area contributed by atoms with Crippen molar-refractivity contribution in [1.29, 1.82) is 10.5 Å². The number of rotatable bonds is 2. The van der Waals surface area contributed by atoms with Gasteiger partial charge in [-0.3, -0.25) is 4.98 Å². The van der Waals surface area contributed by atoms with Gasteiger partial charge in [0.1, 0.15) is 5.41 Å². The second-order valence-electron chi connectivity index (χ2n) is 4.23. The summed E-state index contributed by atoms with van der Waals surface area (Å²) >= 11 is 0. The highest BCUT2D eigenvalue weighted by Crippen LogP contribution is 2.21. The Kier molecular flexibility index (Phi) is 2.77. The van der Waals surface area contributed by atoms with Gasteiger partial charge in [-0.1, -0.05) is 24.3 Å². The first-order valence-corrected chi connectivity index (χ1v) is 5.34. The van der Waals surface area contributed by atoms with Crippen molar-refractivity contribution in [3.8, 4) is 12.1 Å². The molecule has 0 saturated heterocycles. The van der Waals surface area contributed by atoms with Gasteiger partial charge < -0.3 is 0 Å². The Morgan fingerprint density at radius 3 is 2.53 bits per heavy atom. The summed E-state index contributed by atoms with van der Waals surface area (Å²) in [5.41, 5.74) is 0.660. The van der Waals surface area contributed by atoms with Gasteiger partial charge in [-0.15, -0.1) is 0 Å². The summed E-state index contributed by atoms with van der Waals surface area (Å²) in [4.78, 5) is 4.45. The van der Waals surface area contributed by atoms with E-state index in [-0.39, 0.29) is 0 Å². The molecule has 1 heterocycles. The molecule has 0 aliphatic rings. The third-order valence-electron chi connectivity index (χ3n) is 2.68. The summed E-state index contributed by atoms with van der Waals surface area (Å²) < 4.78 is 0. The number of hydrogen-bond acceptors (Lipinski definition) is 3. The largest absolute Gasteiger partial charge is 0.253 e. The Bertz CT molecular complexity index is 618. The van der Waals surface area contributed by atoms with Crippen LogP contribution in [0.15, 0.2) is 36.4 Å². The number of nitrogens with zero attached hydrogens (tertiary/aromatic N) is 3. The smallest absolute Gasteiger partial charge is 0.146 e. The molecule has 1 aromatic carbocycles. The van der Waals surface area contributed by atoms with Crippen molar-refractivity contribution < 1.29 is 0 Å².